The Bertz CT molecular complexity index is 1040. The van der Waals surface area contributed by atoms with E-state index in [1.54, 1.807) is 21.4 Å². The molecule has 30 heavy (non-hydrogen) atoms. The Labute approximate surface area is 178 Å². The lowest BCUT2D eigenvalue weighted by Gasteiger charge is -2.20. The third-order valence-electron chi connectivity index (χ3n) is 4.41. The highest BCUT2D eigenvalue weighted by molar-refractivity contribution is 7.71. The van der Waals surface area contributed by atoms with Gasteiger partial charge in [0.2, 0.25) is 5.91 Å². The zero-order valence-electron chi connectivity index (χ0n) is 16.6. The van der Waals surface area contributed by atoms with Crippen LogP contribution in [0.2, 0.25) is 0 Å². The molecule has 0 fully saturated rings. The molecule has 0 saturated carbocycles. The van der Waals surface area contributed by atoms with Crippen molar-refractivity contribution in [3.63, 3.8) is 0 Å². The first-order valence-corrected chi connectivity index (χ1v) is 9.71. The van der Waals surface area contributed by atoms with E-state index in [2.05, 4.69) is 5.10 Å². The molecule has 2 aromatic heterocycles. The van der Waals surface area contributed by atoms with Crippen LogP contribution in [0.5, 0.6) is 0 Å². The molecular formula is C20H23N5O4S. The predicted molar refractivity (Wildman–Crippen MR) is 111 cm³/mol. The average Bonchev–Trinajstić information content (AvgIpc) is 3.36. The number of methoxy groups -OCH3 is 1. The summed E-state index contributed by atoms with van der Waals surface area (Å²) >= 11 is 5.59. The molecule has 0 aliphatic heterocycles. The zero-order chi connectivity index (χ0) is 21.5. The largest absolute Gasteiger partial charge is 0.468 e. The van der Waals surface area contributed by atoms with E-state index in [1.165, 1.54) is 13.4 Å². The van der Waals surface area contributed by atoms with E-state index in [0.29, 0.717) is 22.9 Å². The number of hydrogen-bond donors (Lipinski definition) is 1. The predicted octanol–water partition coefficient (Wildman–Crippen LogP) is 2.18. The summed E-state index contributed by atoms with van der Waals surface area (Å²) in [5.74, 6) is 0.208. The van der Waals surface area contributed by atoms with Crippen LogP contribution in [0.4, 0.5) is 0 Å². The average molecular weight is 430 g/mol. The number of nitrogens with zero attached hydrogens (tertiary/aromatic N) is 4. The topological polar surface area (TPSA) is 109 Å². The number of carbonyl (C=O) groups excluding carboxylic acids is 2. The van der Waals surface area contributed by atoms with Crippen molar-refractivity contribution in [3.05, 3.63) is 59.1 Å². The molecule has 0 bridgehead atoms. The molecule has 0 radical (unpaired) electrons. The number of carbonyl (C=O) groups is 2. The number of esters is 1. The lowest BCUT2D eigenvalue weighted by atomic mass is 10.2. The van der Waals surface area contributed by atoms with Crippen molar-refractivity contribution >= 4 is 24.1 Å². The summed E-state index contributed by atoms with van der Waals surface area (Å²) in [6.07, 6.45) is 1.65. The van der Waals surface area contributed by atoms with Crippen LogP contribution in [0.25, 0.3) is 11.6 Å². The Morgan fingerprint density at radius 1 is 1.23 bits per heavy atom. The first-order chi connectivity index (χ1) is 14.5. The van der Waals surface area contributed by atoms with Crippen LogP contribution in [-0.2, 0) is 34.1 Å². The maximum atomic E-state index is 11.9. The van der Waals surface area contributed by atoms with Crippen molar-refractivity contribution in [1.29, 1.82) is 0 Å². The Hall–Kier alpha value is -3.24. The Kier molecular flexibility index (Phi) is 7.15. The number of amides is 1. The van der Waals surface area contributed by atoms with Crippen molar-refractivity contribution in [2.75, 3.05) is 13.7 Å². The number of benzene rings is 1. The van der Waals surface area contributed by atoms with Gasteiger partial charge < -0.3 is 14.9 Å². The van der Waals surface area contributed by atoms with E-state index >= 15 is 0 Å². The molecular weight excluding hydrogens is 406 g/mol. The second-order valence-corrected chi connectivity index (χ2v) is 7.01. The van der Waals surface area contributed by atoms with Gasteiger partial charge in [-0.15, -0.1) is 5.10 Å². The minimum absolute atomic E-state index is 0.0669. The fraction of sp³-hybridized carbons (Fsp3) is 0.300. The lowest BCUT2D eigenvalue weighted by molar-refractivity contribution is -0.142. The molecule has 3 rings (SSSR count). The van der Waals surface area contributed by atoms with E-state index in [-0.39, 0.29) is 32.1 Å². The Morgan fingerprint density at radius 3 is 2.63 bits per heavy atom. The molecule has 0 unspecified atom stereocenters. The third-order valence-corrected chi connectivity index (χ3v) is 4.84. The van der Waals surface area contributed by atoms with Crippen molar-refractivity contribution < 1.29 is 18.7 Å². The van der Waals surface area contributed by atoms with Crippen molar-refractivity contribution in [2.24, 2.45) is 5.73 Å². The molecule has 2 heterocycles. The van der Waals surface area contributed by atoms with Crippen LogP contribution in [0.1, 0.15) is 12.0 Å². The van der Waals surface area contributed by atoms with Gasteiger partial charge in [-0.25, -0.2) is 4.68 Å². The SMILES string of the molecule is COC(=O)CN(Cc1ccccc1)Cn1nc(-c2ccco2)n(CCC(N)=O)c1=S. The molecule has 158 valence electrons. The number of hydrogen-bond acceptors (Lipinski definition) is 7. The quantitative estimate of drug-likeness (QED) is 0.389. The van der Waals surface area contributed by atoms with E-state index < -0.39 is 5.91 Å². The smallest absolute Gasteiger partial charge is 0.319 e. The minimum atomic E-state index is -0.438. The normalized spacial score (nSPS) is 11.0. The number of nitrogens with two attached hydrogens (primary N) is 1. The van der Waals surface area contributed by atoms with Crippen molar-refractivity contribution in [3.8, 4) is 11.6 Å². The molecule has 0 aliphatic carbocycles. The van der Waals surface area contributed by atoms with Gasteiger partial charge in [0.25, 0.3) is 0 Å². The second-order valence-electron chi connectivity index (χ2n) is 6.64. The molecule has 1 aromatic carbocycles. The van der Waals surface area contributed by atoms with Gasteiger partial charge in [0, 0.05) is 19.5 Å². The first kappa shape index (κ1) is 21.5. The number of ether oxygens (including phenoxy) is 1. The minimum Gasteiger partial charge on any atom is -0.468 e. The fourth-order valence-electron chi connectivity index (χ4n) is 2.98. The molecule has 9 nitrogen and oxygen atoms in total. The molecule has 0 spiro atoms. The molecule has 2 N–H and O–H groups in total. The summed E-state index contributed by atoms with van der Waals surface area (Å²) in [7, 11) is 1.35. The zero-order valence-corrected chi connectivity index (χ0v) is 17.4. The van der Waals surface area contributed by atoms with Crippen LogP contribution >= 0.6 is 12.2 Å². The molecule has 3 aromatic rings. The van der Waals surface area contributed by atoms with Gasteiger partial charge in [-0.3, -0.25) is 19.1 Å². The summed E-state index contributed by atoms with van der Waals surface area (Å²) in [6.45, 7) is 1.10. The standard InChI is InChI=1S/C20H23N5O4S/c1-28-18(27)13-23(12-15-6-3-2-4-7-15)14-25-20(30)24(10-9-17(21)26)19(22-25)16-8-5-11-29-16/h2-8,11H,9-10,12-14H2,1H3,(H2,21,26). The van der Waals surface area contributed by atoms with Crippen molar-refractivity contribution in [1.82, 2.24) is 19.2 Å². The van der Waals surface area contributed by atoms with E-state index in [4.69, 9.17) is 27.1 Å². The summed E-state index contributed by atoms with van der Waals surface area (Å²) in [5, 5.41) is 4.58. The molecule has 10 heteroatoms. The lowest BCUT2D eigenvalue weighted by Crippen LogP contribution is -2.32. The van der Waals surface area contributed by atoms with Gasteiger partial charge >= 0.3 is 5.97 Å². The second kappa shape index (κ2) is 9.99. The molecule has 1 amide bonds. The number of aromatic nitrogens is 3. The Morgan fingerprint density at radius 2 is 2.00 bits per heavy atom. The molecule has 0 saturated heterocycles. The fourth-order valence-corrected chi connectivity index (χ4v) is 3.26. The number of primary amides is 1. The molecule has 0 aliphatic rings. The van der Waals surface area contributed by atoms with E-state index in [0.717, 1.165) is 5.56 Å². The van der Waals surface area contributed by atoms with Gasteiger partial charge in [-0.1, -0.05) is 30.3 Å². The van der Waals surface area contributed by atoms with Gasteiger partial charge in [-0.05, 0) is 29.9 Å². The van der Waals surface area contributed by atoms with Crippen molar-refractivity contribution in [2.45, 2.75) is 26.2 Å². The van der Waals surface area contributed by atoms with Gasteiger partial charge in [0.1, 0.15) is 0 Å². The van der Waals surface area contributed by atoms with E-state index in [9.17, 15) is 9.59 Å². The summed E-state index contributed by atoms with van der Waals surface area (Å²) < 4.78 is 14.0. The van der Waals surface area contributed by atoms with Crippen LogP contribution < -0.4 is 5.73 Å². The Balaban J connectivity index is 1.91. The number of rotatable bonds is 10. The summed E-state index contributed by atoms with van der Waals surface area (Å²) in [4.78, 5) is 25.1. The van der Waals surface area contributed by atoms with Gasteiger partial charge in [-0.2, -0.15) is 0 Å². The maximum absolute atomic E-state index is 11.9. The maximum Gasteiger partial charge on any atom is 0.319 e. The summed E-state index contributed by atoms with van der Waals surface area (Å²) in [6, 6.07) is 13.3. The highest BCUT2D eigenvalue weighted by Crippen LogP contribution is 2.20. The van der Waals surface area contributed by atoms with Crippen LogP contribution in [0.3, 0.4) is 0 Å². The monoisotopic (exact) mass is 429 g/mol. The molecule has 0 atom stereocenters. The number of furan rings is 1. The van der Waals surface area contributed by atoms with Crippen LogP contribution in [0.15, 0.2) is 53.1 Å². The van der Waals surface area contributed by atoms with Gasteiger partial charge in [0.15, 0.2) is 16.4 Å². The summed E-state index contributed by atoms with van der Waals surface area (Å²) in [5.41, 5.74) is 6.34. The third kappa shape index (κ3) is 5.43. The highest BCUT2D eigenvalue weighted by atomic mass is 32.1. The first-order valence-electron chi connectivity index (χ1n) is 9.31. The highest BCUT2D eigenvalue weighted by Gasteiger charge is 2.19. The van der Waals surface area contributed by atoms with Crippen LogP contribution in [-0.4, -0.2) is 44.8 Å². The van der Waals surface area contributed by atoms with Gasteiger partial charge in [0.05, 0.1) is 26.6 Å². The van der Waals surface area contributed by atoms with E-state index in [1.807, 2.05) is 35.2 Å². The van der Waals surface area contributed by atoms with Crippen LogP contribution in [0, 0.1) is 4.77 Å².